The van der Waals surface area contributed by atoms with Crippen molar-refractivity contribution in [3.8, 4) is 0 Å². The summed E-state index contributed by atoms with van der Waals surface area (Å²) in [6.45, 7) is 15.7. The number of ether oxygens (including phenoxy) is 1. The van der Waals surface area contributed by atoms with Crippen molar-refractivity contribution in [3.63, 3.8) is 0 Å². The van der Waals surface area contributed by atoms with Crippen LogP contribution in [0.2, 0.25) is 0 Å². The molecule has 0 unspecified atom stereocenters. The van der Waals surface area contributed by atoms with Crippen molar-refractivity contribution >= 4 is 6.09 Å². The summed E-state index contributed by atoms with van der Waals surface area (Å²) in [6.07, 6.45) is 2.83. The minimum absolute atomic E-state index is 0.351. The number of likely N-dealkylation sites (N-methyl/N-ethyl adjacent to an activating group) is 1. The van der Waals surface area contributed by atoms with Gasteiger partial charge in [0.1, 0.15) is 5.76 Å². The number of hydrogen-bond acceptors (Lipinski definition) is 2. The molecule has 0 N–H and O–H groups in total. The molecule has 0 radical (unpaired) electrons. The Morgan fingerprint density at radius 3 is 2.06 bits per heavy atom. The van der Waals surface area contributed by atoms with Crippen molar-refractivity contribution in [2.24, 2.45) is 0 Å². The van der Waals surface area contributed by atoms with E-state index < -0.39 is 0 Å². The molecule has 92 valence electrons. The number of hydrogen-bond donors (Lipinski definition) is 0. The Kier molecular flexibility index (Phi) is 10.6. The highest BCUT2D eigenvalue weighted by molar-refractivity contribution is 5.71. The highest BCUT2D eigenvalue weighted by Gasteiger charge is 2.20. The molecule has 1 aliphatic heterocycles. The van der Waals surface area contributed by atoms with Crippen molar-refractivity contribution in [2.45, 2.75) is 27.7 Å². The summed E-state index contributed by atoms with van der Waals surface area (Å²) in [5.74, 6) is 0.508. The average molecular weight is 225 g/mol. The van der Waals surface area contributed by atoms with Gasteiger partial charge in [0.2, 0.25) is 0 Å². The highest BCUT2D eigenvalue weighted by atomic mass is 16.6. The lowest BCUT2D eigenvalue weighted by Gasteiger charge is -2.24. The maximum atomic E-state index is 11.0. The first kappa shape index (κ1) is 16.9. The topological polar surface area (TPSA) is 29.5 Å². The average Bonchev–Trinajstić information content (AvgIpc) is 2.37. The lowest BCUT2D eigenvalue weighted by atomic mass is 10.2. The molecule has 0 aromatic heterocycles. The molecule has 1 amide bonds. The van der Waals surface area contributed by atoms with Crippen LogP contribution < -0.4 is 0 Å². The predicted molar refractivity (Wildman–Crippen MR) is 69.2 cm³/mol. The Hall–Kier alpha value is -1.51. The minimum atomic E-state index is -0.351. The van der Waals surface area contributed by atoms with Crippen molar-refractivity contribution in [2.75, 3.05) is 13.6 Å². The van der Waals surface area contributed by atoms with E-state index in [-0.39, 0.29) is 6.09 Å². The molecule has 3 nitrogen and oxygen atoms in total. The van der Waals surface area contributed by atoms with Gasteiger partial charge in [-0.25, -0.2) is 4.79 Å². The van der Waals surface area contributed by atoms with Crippen LogP contribution in [0.15, 0.2) is 36.6 Å². The molecule has 0 spiro atoms. The first-order valence-corrected chi connectivity index (χ1v) is 5.60. The van der Waals surface area contributed by atoms with Crippen LogP contribution in [-0.2, 0) is 4.74 Å². The van der Waals surface area contributed by atoms with Crippen LogP contribution in [0.3, 0.4) is 0 Å². The number of nitrogens with zero attached hydrogens (tertiary/aromatic N) is 1. The van der Waals surface area contributed by atoms with E-state index in [2.05, 4.69) is 13.2 Å². The molecule has 0 saturated carbocycles. The molecule has 0 aromatic rings. The first-order chi connectivity index (χ1) is 7.69. The summed E-state index contributed by atoms with van der Waals surface area (Å²) in [4.78, 5) is 12.5. The minimum Gasteiger partial charge on any atom is -0.410 e. The number of amides is 1. The SMILES string of the molecule is C=CC1=C(C=C)OC(=O)N(C)C1.CC.CC. The second-order valence-electron chi connectivity index (χ2n) is 2.52. The standard InChI is InChI=1S/C9H11NO2.2C2H6/c1-4-7-6-10(3)9(11)12-8(7)5-2;2*1-2/h4-5H,1-2,6H2,3H3;2*1-2H3. The molecular formula is C13H23NO2. The van der Waals surface area contributed by atoms with Crippen LogP contribution in [0.5, 0.6) is 0 Å². The zero-order chi connectivity index (χ0) is 13.1. The second kappa shape index (κ2) is 10.0. The van der Waals surface area contributed by atoms with Crippen molar-refractivity contribution in [1.82, 2.24) is 4.90 Å². The van der Waals surface area contributed by atoms with Gasteiger partial charge in [-0.15, -0.1) is 0 Å². The molecule has 3 heteroatoms. The van der Waals surface area contributed by atoms with Gasteiger partial charge in [0.25, 0.3) is 0 Å². The van der Waals surface area contributed by atoms with Crippen LogP contribution in [0.4, 0.5) is 4.79 Å². The summed E-state index contributed by atoms with van der Waals surface area (Å²) in [5, 5.41) is 0. The monoisotopic (exact) mass is 225 g/mol. The normalized spacial score (nSPS) is 13.8. The molecular weight excluding hydrogens is 202 g/mol. The Bertz CT molecular complexity index is 267. The predicted octanol–water partition coefficient (Wildman–Crippen LogP) is 3.75. The molecule has 0 fully saturated rings. The van der Waals surface area contributed by atoms with Crippen LogP contribution >= 0.6 is 0 Å². The number of rotatable bonds is 2. The Morgan fingerprint density at radius 1 is 1.19 bits per heavy atom. The fraction of sp³-hybridized carbons (Fsp3) is 0.462. The molecule has 0 aliphatic carbocycles. The van der Waals surface area contributed by atoms with E-state index >= 15 is 0 Å². The van der Waals surface area contributed by atoms with Crippen LogP contribution in [0.1, 0.15) is 27.7 Å². The second-order valence-corrected chi connectivity index (χ2v) is 2.52. The molecule has 1 aliphatic rings. The molecule has 0 bridgehead atoms. The molecule has 0 saturated heterocycles. The van der Waals surface area contributed by atoms with E-state index in [1.54, 1.807) is 13.1 Å². The van der Waals surface area contributed by atoms with E-state index in [0.29, 0.717) is 12.3 Å². The summed E-state index contributed by atoms with van der Waals surface area (Å²) in [7, 11) is 1.67. The van der Waals surface area contributed by atoms with Gasteiger partial charge in [0, 0.05) is 12.6 Å². The number of cyclic esters (lactones) is 1. The van der Waals surface area contributed by atoms with Crippen molar-refractivity contribution < 1.29 is 9.53 Å². The van der Waals surface area contributed by atoms with E-state index in [4.69, 9.17) is 4.74 Å². The summed E-state index contributed by atoms with van der Waals surface area (Å²) < 4.78 is 4.93. The third kappa shape index (κ3) is 4.82. The van der Waals surface area contributed by atoms with Gasteiger partial charge in [-0.05, 0) is 6.08 Å². The maximum Gasteiger partial charge on any atom is 0.415 e. The van der Waals surface area contributed by atoms with Gasteiger partial charge < -0.3 is 9.64 Å². The van der Waals surface area contributed by atoms with E-state index in [0.717, 1.165) is 5.57 Å². The first-order valence-electron chi connectivity index (χ1n) is 5.60. The smallest absolute Gasteiger partial charge is 0.410 e. The van der Waals surface area contributed by atoms with Gasteiger partial charge >= 0.3 is 6.09 Å². The van der Waals surface area contributed by atoms with Crippen LogP contribution in [0, 0.1) is 0 Å². The van der Waals surface area contributed by atoms with Gasteiger partial charge in [-0.1, -0.05) is 46.9 Å². The Labute approximate surface area is 99.1 Å². The lowest BCUT2D eigenvalue weighted by Crippen LogP contribution is -2.33. The number of allylic oxidation sites excluding steroid dienone is 1. The molecule has 0 aromatic carbocycles. The fourth-order valence-corrected chi connectivity index (χ4v) is 0.973. The number of carbonyl (C=O) groups is 1. The fourth-order valence-electron chi connectivity index (χ4n) is 0.973. The van der Waals surface area contributed by atoms with Crippen LogP contribution in [0.25, 0.3) is 0 Å². The largest absolute Gasteiger partial charge is 0.415 e. The zero-order valence-corrected chi connectivity index (χ0v) is 11.0. The molecule has 1 rings (SSSR count). The molecule has 1 heterocycles. The van der Waals surface area contributed by atoms with E-state index in [1.807, 2.05) is 27.7 Å². The van der Waals surface area contributed by atoms with Crippen molar-refractivity contribution in [3.05, 3.63) is 36.6 Å². The third-order valence-electron chi connectivity index (χ3n) is 1.66. The third-order valence-corrected chi connectivity index (χ3v) is 1.66. The van der Waals surface area contributed by atoms with Crippen molar-refractivity contribution in [1.29, 1.82) is 0 Å². The van der Waals surface area contributed by atoms with Crippen LogP contribution in [-0.4, -0.2) is 24.6 Å². The van der Waals surface area contributed by atoms with Gasteiger partial charge in [-0.3, -0.25) is 0 Å². The quantitative estimate of drug-likeness (QED) is 0.716. The zero-order valence-electron chi connectivity index (χ0n) is 11.0. The van der Waals surface area contributed by atoms with E-state index in [1.165, 1.54) is 11.0 Å². The molecule has 16 heavy (non-hydrogen) atoms. The number of carbonyl (C=O) groups excluding carboxylic acids is 1. The van der Waals surface area contributed by atoms with E-state index in [9.17, 15) is 4.79 Å². The Balaban J connectivity index is 0. The summed E-state index contributed by atoms with van der Waals surface area (Å²) in [5.41, 5.74) is 0.882. The van der Waals surface area contributed by atoms with Gasteiger partial charge in [0.15, 0.2) is 0 Å². The Morgan fingerprint density at radius 2 is 1.69 bits per heavy atom. The lowest BCUT2D eigenvalue weighted by molar-refractivity contribution is 0.134. The van der Waals surface area contributed by atoms with Gasteiger partial charge in [-0.2, -0.15) is 0 Å². The molecule has 0 atom stereocenters. The summed E-state index contributed by atoms with van der Waals surface area (Å²) in [6, 6.07) is 0. The maximum absolute atomic E-state index is 11.0. The summed E-state index contributed by atoms with van der Waals surface area (Å²) >= 11 is 0. The highest BCUT2D eigenvalue weighted by Crippen LogP contribution is 2.16. The van der Waals surface area contributed by atoms with Gasteiger partial charge in [0.05, 0.1) is 6.54 Å².